The smallest absolute Gasteiger partial charge is 0.300 e. The van der Waals surface area contributed by atoms with Gasteiger partial charge in [-0.2, -0.15) is 0 Å². The summed E-state index contributed by atoms with van der Waals surface area (Å²) < 4.78 is 0. The molecule has 1 unspecified atom stereocenters. The van der Waals surface area contributed by atoms with Crippen molar-refractivity contribution in [2.75, 3.05) is 4.90 Å². The van der Waals surface area contributed by atoms with E-state index >= 15 is 0 Å². The highest BCUT2D eigenvalue weighted by molar-refractivity contribution is 6.52. The molecule has 1 amide bonds. The van der Waals surface area contributed by atoms with Gasteiger partial charge < -0.3 is 10.1 Å². The molecule has 0 bridgehead atoms. The second-order valence-electron chi connectivity index (χ2n) is 8.44. The van der Waals surface area contributed by atoms with Crippen LogP contribution in [-0.4, -0.2) is 21.8 Å². The highest BCUT2D eigenvalue weighted by Gasteiger charge is 2.47. The van der Waals surface area contributed by atoms with Crippen molar-refractivity contribution in [2.24, 2.45) is 0 Å². The zero-order valence-electron chi connectivity index (χ0n) is 18.8. The van der Waals surface area contributed by atoms with Crippen LogP contribution in [0.3, 0.4) is 0 Å². The third-order valence-corrected chi connectivity index (χ3v) is 6.84. The van der Waals surface area contributed by atoms with Crippen LogP contribution in [0, 0.1) is 6.92 Å². The first-order chi connectivity index (χ1) is 16.4. The van der Waals surface area contributed by atoms with E-state index in [1.807, 2.05) is 56.3 Å². The summed E-state index contributed by atoms with van der Waals surface area (Å²) in [4.78, 5) is 31.4. The average molecular weight is 471 g/mol. The Morgan fingerprint density at radius 1 is 1.06 bits per heavy atom. The van der Waals surface area contributed by atoms with Crippen molar-refractivity contribution in [1.82, 2.24) is 4.98 Å². The Hall–Kier alpha value is -3.83. The monoisotopic (exact) mass is 470 g/mol. The molecule has 34 heavy (non-hydrogen) atoms. The third kappa shape index (κ3) is 3.49. The maximum atomic E-state index is 13.4. The van der Waals surface area contributed by atoms with Crippen molar-refractivity contribution in [2.45, 2.75) is 26.3 Å². The summed E-state index contributed by atoms with van der Waals surface area (Å²) in [6.07, 6.45) is 2.65. The van der Waals surface area contributed by atoms with Gasteiger partial charge in [0.1, 0.15) is 5.76 Å². The zero-order chi connectivity index (χ0) is 24.0. The Labute approximate surface area is 202 Å². The molecule has 2 heterocycles. The molecule has 5 nitrogen and oxygen atoms in total. The first-order valence-corrected chi connectivity index (χ1v) is 11.5. The maximum absolute atomic E-state index is 13.4. The van der Waals surface area contributed by atoms with Gasteiger partial charge in [0.25, 0.3) is 11.7 Å². The van der Waals surface area contributed by atoms with E-state index in [1.165, 1.54) is 4.90 Å². The standard InChI is InChI=1S/C28H23ClN2O3/c1-3-17-9-11-18(12-10-17)26(32)24-25(21-15-30-23-7-5-4-6-20(21)23)31(28(34)27(24)33)19-13-8-16(2)22(29)14-19/h4-15,25,30,32H,3H2,1-2H3/b26-24+. The summed E-state index contributed by atoms with van der Waals surface area (Å²) >= 11 is 6.38. The van der Waals surface area contributed by atoms with E-state index in [9.17, 15) is 14.7 Å². The number of hydrogen-bond donors (Lipinski definition) is 2. The zero-order valence-corrected chi connectivity index (χ0v) is 19.6. The number of ketones is 1. The molecule has 4 aromatic rings. The van der Waals surface area contributed by atoms with Crippen LogP contribution in [0.25, 0.3) is 16.7 Å². The van der Waals surface area contributed by atoms with E-state index < -0.39 is 17.7 Å². The summed E-state index contributed by atoms with van der Waals surface area (Å²) in [7, 11) is 0. The largest absolute Gasteiger partial charge is 0.507 e. The maximum Gasteiger partial charge on any atom is 0.300 e. The lowest BCUT2D eigenvalue weighted by atomic mass is 9.94. The van der Waals surface area contributed by atoms with Gasteiger partial charge in [-0.05, 0) is 42.7 Å². The molecule has 0 saturated carbocycles. The summed E-state index contributed by atoms with van der Waals surface area (Å²) in [5.74, 6) is -1.64. The number of fused-ring (bicyclic) bond motifs is 1. The van der Waals surface area contributed by atoms with Gasteiger partial charge in [-0.1, -0.05) is 67.1 Å². The number of para-hydroxylation sites is 1. The second-order valence-corrected chi connectivity index (χ2v) is 8.85. The number of aliphatic hydroxyl groups is 1. The van der Waals surface area contributed by atoms with Gasteiger partial charge in [0.2, 0.25) is 0 Å². The summed E-state index contributed by atoms with van der Waals surface area (Å²) in [6, 6.07) is 19.5. The minimum atomic E-state index is -0.819. The average Bonchev–Trinajstić information content (AvgIpc) is 3.39. The van der Waals surface area contributed by atoms with Crippen LogP contribution in [-0.2, 0) is 16.0 Å². The number of aromatic amines is 1. The number of nitrogens with zero attached hydrogens (tertiary/aromatic N) is 1. The van der Waals surface area contributed by atoms with Gasteiger partial charge in [0, 0.05) is 38.9 Å². The van der Waals surface area contributed by atoms with Gasteiger partial charge in [-0.15, -0.1) is 0 Å². The lowest BCUT2D eigenvalue weighted by molar-refractivity contribution is -0.132. The van der Waals surface area contributed by atoms with Crippen molar-refractivity contribution in [3.63, 3.8) is 0 Å². The fraction of sp³-hybridized carbons (Fsp3) is 0.143. The van der Waals surface area contributed by atoms with Crippen LogP contribution in [0.2, 0.25) is 5.02 Å². The highest BCUT2D eigenvalue weighted by Crippen LogP contribution is 2.44. The number of carbonyl (C=O) groups excluding carboxylic acids is 2. The van der Waals surface area contributed by atoms with Gasteiger partial charge >= 0.3 is 0 Å². The molecule has 1 saturated heterocycles. The van der Waals surface area contributed by atoms with Crippen LogP contribution < -0.4 is 4.90 Å². The number of halogens is 1. The first kappa shape index (κ1) is 22.0. The van der Waals surface area contributed by atoms with E-state index in [1.54, 1.807) is 30.5 Å². The second kappa shape index (κ2) is 8.50. The van der Waals surface area contributed by atoms with E-state index in [0.29, 0.717) is 16.3 Å². The molecule has 1 aromatic heterocycles. The van der Waals surface area contributed by atoms with E-state index in [2.05, 4.69) is 4.98 Å². The van der Waals surface area contributed by atoms with E-state index in [0.717, 1.165) is 34.0 Å². The number of carbonyl (C=O) groups is 2. The van der Waals surface area contributed by atoms with Crippen molar-refractivity contribution in [1.29, 1.82) is 0 Å². The molecule has 3 aromatic carbocycles. The van der Waals surface area contributed by atoms with Crippen LogP contribution in [0.5, 0.6) is 0 Å². The highest BCUT2D eigenvalue weighted by atomic mass is 35.5. The Morgan fingerprint density at radius 3 is 2.50 bits per heavy atom. The molecule has 1 atom stereocenters. The van der Waals surface area contributed by atoms with Crippen molar-refractivity contribution >= 4 is 45.6 Å². The number of anilines is 1. The molecule has 0 radical (unpaired) electrons. The molecular weight excluding hydrogens is 448 g/mol. The number of benzene rings is 3. The molecule has 170 valence electrons. The molecule has 1 aliphatic rings. The van der Waals surface area contributed by atoms with E-state index in [-0.39, 0.29) is 11.3 Å². The van der Waals surface area contributed by atoms with Gasteiger partial charge in [0.05, 0.1) is 11.6 Å². The minimum absolute atomic E-state index is 0.0516. The molecular formula is C28H23ClN2O3. The quantitative estimate of drug-likeness (QED) is 0.208. The van der Waals surface area contributed by atoms with Crippen LogP contribution in [0.1, 0.15) is 35.2 Å². The Kier molecular flexibility index (Phi) is 5.50. The van der Waals surface area contributed by atoms with Crippen molar-refractivity contribution in [3.8, 4) is 0 Å². The van der Waals surface area contributed by atoms with Crippen LogP contribution in [0.4, 0.5) is 5.69 Å². The third-order valence-electron chi connectivity index (χ3n) is 6.43. The number of H-pyrrole nitrogens is 1. The molecule has 2 N–H and O–H groups in total. The molecule has 6 heteroatoms. The van der Waals surface area contributed by atoms with Gasteiger partial charge in [0.15, 0.2) is 0 Å². The molecule has 1 fully saturated rings. The summed E-state index contributed by atoms with van der Waals surface area (Å²) in [6.45, 7) is 3.92. The van der Waals surface area contributed by atoms with E-state index in [4.69, 9.17) is 11.6 Å². The summed E-state index contributed by atoms with van der Waals surface area (Å²) in [5.41, 5.74) is 4.60. The lowest BCUT2D eigenvalue weighted by Crippen LogP contribution is -2.29. The fourth-order valence-corrected chi connectivity index (χ4v) is 4.67. The van der Waals surface area contributed by atoms with Crippen LogP contribution >= 0.6 is 11.6 Å². The number of Topliss-reactive ketones (excluding diaryl/α,β-unsaturated/α-hetero) is 1. The Balaban J connectivity index is 1.76. The number of aliphatic hydroxyl groups excluding tert-OH is 1. The van der Waals surface area contributed by atoms with Crippen molar-refractivity contribution in [3.05, 3.63) is 106 Å². The lowest BCUT2D eigenvalue weighted by Gasteiger charge is -2.25. The molecule has 5 rings (SSSR count). The normalized spacial score (nSPS) is 17.6. The Morgan fingerprint density at radius 2 is 1.79 bits per heavy atom. The number of aryl methyl sites for hydroxylation is 2. The minimum Gasteiger partial charge on any atom is -0.507 e. The predicted octanol–water partition coefficient (Wildman–Crippen LogP) is 6.32. The number of rotatable bonds is 4. The number of amides is 1. The molecule has 0 aliphatic carbocycles. The first-order valence-electron chi connectivity index (χ1n) is 11.1. The molecule has 1 aliphatic heterocycles. The van der Waals surface area contributed by atoms with Crippen molar-refractivity contribution < 1.29 is 14.7 Å². The van der Waals surface area contributed by atoms with Crippen LogP contribution in [0.15, 0.2) is 78.5 Å². The number of aromatic nitrogens is 1. The van der Waals surface area contributed by atoms with Gasteiger partial charge in [-0.25, -0.2) is 0 Å². The number of hydrogen-bond acceptors (Lipinski definition) is 3. The van der Waals surface area contributed by atoms with Gasteiger partial charge in [-0.3, -0.25) is 14.5 Å². The summed E-state index contributed by atoms with van der Waals surface area (Å²) in [5, 5.41) is 12.7. The number of nitrogens with one attached hydrogen (secondary N) is 1. The SMILES string of the molecule is CCc1ccc(/C(O)=C2\C(=O)C(=O)N(c3ccc(C)c(Cl)c3)C2c2c[nH]c3ccccc23)cc1. The Bertz CT molecular complexity index is 1470. The molecule has 0 spiro atoms. The topological polar surface area (TPSA) is 73.4 Å². The predicted molar refractivity (Wildman–Crippen MR) is 135 cm³/mol. The fourth-order valence-electron chi connectivity index (χ4n) is 4.50.